The molecule has 0 fully saturated rings. The lowest BCUT2D eigenvalue weighted by molar-refractivity contribution is 1.07. The van der Waals surface area contributed by atoms with Gasteiger partial charge in [-0.15, -0.1) is 22.7 Å². The van der Waals surface area contributed by atoms with E-state index in [2.05, 4.69) is 109 Å². The minimum Gasteiger partial charge on any atom is -0.226 e. The Bertz CT molecular complexity index is 3170. The number of hydrogen-bond donors (Lipinski definition) is 0. The highest BCUT2D eigenvalue weighted by molar-refractivity contribution is 7.26. The predicted molar refractivity (Wildman–Crippen MR) is 234 cm³/mol. The van der Waals surface area contributed by atoms with E-state index in [0.29, 0.717) is 17.5 Å². The van der Waals surface area contributed by atoms with Gasteiger partial charge in [-0.25, -0.2) is 24.9 Å². The average molecular weight is 752 g/mol. The molecular formula is C49H29N5S2. The topological polar surface area (TPSA) is 64.5 Å². The van der Waals surface area contributed by atoms with Gasteiger partial charge in [0.15, 0.2) is 23.3 Å². The van der Waals surface area contributed by atoms with Crippen molar-refractivity contribution in [2.45, 2.75) is 0 Å². The summed E-state index contributed by atoms with van der Waals surface area (Å²) in [5.41, 5.74) is 9.18. The quantitative estimate of drug-likeness (QED) is 0.169. The molecule has 0 aliphatic heterocycles. The van der Waals surface area contributed by atoms with Crippen LogP contribution in [-0.4, -0.2) is 24.9 Å². The third-order valence-corrected chi connectivity index (χ3v) is 12.5. The fourth-order valence-corrected chi connectivity index (χ4v) is 9.72. The first-order valence-corrected chi connectivity index (χ1v) is 20.0. The first kappa shape index (κ1) is 32.5. The van der Waals surface area contributed by atoms with Crippen LogP contribution in [0.15, 0.2) is 176 Å². The van der Waals surface area contributed by atoms with Crippen molar-refractivity contribution in [3.63, 3.8) is 0 Å². The lowest BCUT2D eigenvalue weighted by Gasteiger charge is -2.10. The standard InChI is InChI=1S/C49H29N5S2/c1-4-13-31(14-5-1)43-45-44(37-19-10-11-21-39(37)56-45)51-46(50-43)34-25-23-30(24-26-34)36-20-12-22-41-42(36)38-29-35(27-28-40(38)55-41)49-53-47(32-15-6-2-7-16-32)52-48(54-49)33-17-8-3-9-18-33/h1-29H. The zero-order chi connectivity index (χ0) is 37.0. The molecule has 0 N–H and O–H groups in total. The first-order chi connectivity index (χ1) is 27.7. The third-order valence-electron chi connectivity index (χ3n) is 10.2. The molecule has 262 valence electrons. The maximum Gasteiger partial charge on any atom is 0.164 e. The summed E-state index contributed by atoms with van der Waals surface area (Å²) in [5.74, 6) is 2.66. The summed E-state index contributed by atoms with van der Waals surface area (Å²) in [4.78, 5) is 25.3. The minimum atomic E-state index is 0.644. The van der Waals surface area contributed by atoms with E-state index in [1.807, 2.05) is 66.7 Å². The van der Waals surface area contributed by atoms with Gasteiger partial charge in [0.25, 0.3) is 0 Å². The number of benzene rings is 7. The fraction of sp³-hybridized carbons (Fsp3) is 0. The van der Waals surface area contributed by atoms with Crippen molar-refractivity contribution < 1.29 is 0 Å². The molecule has 0 radical (unpaired) electrons. The Labute approximate surface area is 330 Å². The van der Waals surface area contributed by atoms with Crippen LogP contribution < -0.4 is 0 Å². The number of fused-ring (bicyclic) bond motifs is 6. The Balaban J connectivity index is 1.02. The smallest absolute Gasteiger partial charge is 0.164 e. The molecule has 4 aromatic heterocycles. The molecule has 0 amide bonds. The lowest BCUT2D eigenvalue weighted by atomic mass is 9.97. The molecule has 5 nitrogen and oxygen atoms in total. The molecule has 0 atom stereocenters. The highest BCUT2D eigenvalue weighted by Crippen LogP contribution is 2.43. The lowest BCUT2D eigenvalue weighted by Crippen LogP contribution is -2.00. The largest absolute Gasteiger partial charge is 0.226 e. The highest BCUT2D eigenvalue weighted by atomic mass is 32.1. The number of rotatable bonds is 6. The Morgan fingerprint density at radius 1 is 0.321 bits per heavy atom. The molecule has 11 aromatic rings. The van der Waals surface area contributed by atoms with Crippen LogP contribution in [0.1, 0.15) is 0 Å². The molecular weight excluding hydrogens is 723 g/mol. The van der Waals surface area contributed by atoms with Gasteiger partial charge in [0.1, 0.15) is 0 Å². The van der Waals surface area contributed by atoms with Crippen LogP contribution in [-0.2, 0) is 0 Å². The second-order valence-corrected chi connectivity index (χ2v) is 15.8. The molecule has 0 aliphatic rings. The number of nitrogens with zero attached hydrogens (tertiary/aromatic N) is 5. The van der Waals surface area contributed by atoms with Crippen LogP contribution in [0.25, 0.3) is 108 Å². The van der Waals surface area contributed by atoms with Gasteiger partial charge in [-0.1, -0.05) is 146 Å². The van der Waals surface area contributed by atoms with Crippen molar-refractivity contribution >= 4 is 63.1 Å². The summed E-state index contributed by atoms with van der Waals surface area (Å²) in [6.45, 7) is 0. The molecule has 4 heterocycles. The van der Waals surface area contributed by atoms with E-state index in [9.17, 15) is 0 Å². The van der Waals surface area contributed by atoms with Gasteiger partial charge in [0, 0.05) is 58.1 Å². The molecule has 56 heavy (non-hydrogen) atoms. The molecule has 0 aliphatic carbocycles. The summed E-state index contributed by atoms with van der Waals surface area (Å²) in [7, 11) is 0. The minimum absolute atomic E-state index is 0.644. The Kier molecular flexibility index (Phi) is 7.79. The van der Waals surface area contributed by atoms with Gasteiger partial charge >= 0.3 is 0 Å². The van der Waals surface area contributed by atoms with Gasteiger partial charge < -0.3 is 0 Å². The van der Waals surface area contributed by atoms with E-state index in [1.54, 1.807) is 22.7 Å². The molecule has 0 spiro atoms. The van der Waals surface area contributed by atoms with Gasteiger partial charge in [0.2, 0.25) is 0 Å². The molecule has 0 bridgehead atoms. The maximum absolute atomic E-state index is 5.20. The Hall–Kier alpha value is -6.93. The van der Waals surface area contributed by atoms with E-state index in [0.717, 1.165) is 60.5 Å². The number of aromatic nitrogens is 5. The van der Waals surface area contributed by atoms with Gasteiger partial charge in [0.05, 0.1) is 15.9 Å². The normalized spacial score (nSPS) is 11.6. The van der Waals surface area contributed by atoms with E-state index in [1.165, 1.54) is 30.4 Å². The van der Waals surface area contributed by atoms with Crippen LogP contribution in [0.4, 0.5) is 0 Å². The maximum atomic E-state index is 5.20. The summed E-state index contributed by atoms with van der Waals surface area (Å²) in [6.07, 6.45) is 0. The van der Waals surface area contributed by atoms with Crippen LogP contribution in [0, 0.1) is 0 Å². The predicted octanol–water partition coefficient (Wildman–Crippen LogP) is 13.4. The highest BCUT2D eigenvalue weighted by Gasteiger charge is 2.18. The second-order valence-electron chi connectivity index (χ2n) is 13.6. The molecule has 11 rings (SSSR count). The van der Waals surface area contributed by atoms with E-state index in [4.69, 9.17) is 24.9 Å². The fourth-order valence-electron chi connectivity index (χ4n) is 7.45. The van der Waals surface area contributed by atoms with Gasteiger partial charge in [-0.2, -0.15) is 0 Å². The molecule has 0 saturated heterocycles. The van der Waals surface area contributed by atoms with Crippen molar-refractivity contribution in [2.75, 3.05) is 0 Å². The van der Waals surface area contributed by atoms with Crippen molar-refractivity contribution in [3.05, 3.63) is 176 Å². The summed E-state index contributed by atoms with van der Waals surface area (Å²) in [5, 5.41) is 3.55. The average Bonchev–Trinajstić information content (AvgIpc) is 3.85. The zero-order valence-corrected chi connectivity index (χ0v) is 31.4. The Morgan fingerprint density at radius 2 is 0.839 bits per heavy atom. The number of hydrogen-bond acceptors (Lipinski definition) is 7. The summed E-state index contributed by atoms with van der Waals surface area (Å²) < 4.78 is 4.77. The van der Waals surface area contributed by atoms with Crippen molar-refractivity contribution in [1.29, 1.82) is 0 Å². The van der Waals surface area contributed by atoms with Crippen LogP contribution in [0.3, 0.4) is 0 Å². The molecule has 0 unspecified atom stereocenters. The van der Waals surface area contributed by atoms with Crippen molar-refractivity contribution in [2.24, 2.45) is 0 Å². The SMILES string of the molecule is c1ccc(-c2nc(-c3ccccc3)nc(-c3ccc4sc5cccc(-c6ccc(-c7nc(-c8ccccc8)c8sc9ccccc9c8n7)cc6)c5c4c3)n2)cc1. The van der Waals surface area contributed by atoms with Crippen molar-refractivity contribution in [1.82, 2.24) is 24.9 Å². The second kappa shape index (κ2) is 13.4. The summed E-state index contributed by atoms with van der Waals surface area (Å²) >= 11 is 3.56. The monoisotopic (exact) mass is 751 g/mol. The van der Waals surface area contributed by atoms with Crippen LogP contribution >= 0.6 is 22.7 Å². The molecule has 7 heteroatoms. The Morgan fingerprint density at radius 3 is 1.54 bits per heavy atom. The van der Waals surface area contributed by atoms with Gasteiger partial charge in [-0.3, -0.25) is 0 Å². The van der Waals surface area contributed by atoms with E-state index in [-0.39, 0.29) is 0 Å². The van der Waals surface area contributed by atoms with E-state index < -0.39 is 0 Å². The van der Waals surface area contributed by atoms with Crippen molar-refractivity contribution in [3.8, 4) is 67.9 Å². The molecule has 0 saturated carbocycles. The summed E-state index contributed by atoms with van der Waals surface area (Å²) in [6, 6.07) is 61.0. The zero-order valence-electron chi connectivity index (χ0n) is 29.8. The van der Waals surface area contributed by atoms with Crippen LogP contribution in [0.2, 0.25) is 0 Å². The first-order valence-electron chi connectivity index (χ1n) is 18.4. The van der Waals surface area contributed by atoms with Crippen LogP contribution in [0.5, 0.6) is 0 Å². The van der Waals surface area contributed by atoms with E-state index >= 15 is 0 Å². The number of thiophene rings is 2. The van der Waals surface area contributed by atoms with Gasteiger partial charge in [-0.05, 0) is 41.5 Å². The third kappa shape index (κ3) is 5.64. The molecule has 7 aromatic carbocycles.